The Morgan fingerprint density at radius 3 is 3.04 bits per heavy atom. The zero-order valence-corrected chi connectivity index (χ0v) is 13.7. The van der Waals surface area contributed by atoms with E-state index in [-0.39, 0.29) is 5.91 Å². The number of benzene rings is 2. The Kier molecular flexibility index (Phi) is 3.92. The molecule has 2 aromatic heterocycles. The third-order valence-corrected chi connectivity index (χ3v) is 4.64. The first-order chi connectivity index (χ1) is 11.8. The first-order valence-electron chi connectivity index (χ1n) is 7.71. The van der Waals surface area contributed by atoms with Crippen molar-refractivity contribution in [2.45, 2.75) is 13.0 Å². The number of carbonyl (C=O) groups is 1. The van der Waals surface area contributed by atoms with E-state index in [4.69, 9.17) is 0 Å². The number of amides is 1. The topological polar surface area (TPSA) is 72.7 Å². The SMILES string of the molecule is O=C(NCCCn1nnc2ccccc21)c1ccc2ncsc2c1. The number of aromatic nitrogens is 4. The largest absolute Gasteiger partial charge is 0.352 e. The summed E-state index contributed by atoms with van der Waals surface area (Å²) in [4.78, 5) is 16.4. The number of para-hydroxylation sites is 1. The molecular weight excluding hydrogens is 322 g/mol. The van der Waals surface area contributed by atoms with Gasteiger partial charge in [-0.05, 0) is 36.8 Å². The van der Waals surface area contributed by atoms with Gasteiger partial charge in [-0.25, -0.2) is 9.67 Å². The number of aryl methyl sites for hydroxylation is 1. The lowest BCUT2D eigenvalue weighted by Gasteiger charge is -2.06. The first-order valence-corrected chi connectivity index (χ1v) is 8.59. The highest BCUT2D eigenvalue weighted by atomic mass is 32.1. The number of hydrogen-bond acceptors (Lipinski definition) is 5. The number of rotatable bonds is 5. The van der Waals surface area contributed by atoms with Crippen LogP contribution in [0.5, 0.6) is 0 Å². The van der Waals surface area contributed by atoms with Crippen molar-refractivity contribution in [3.8, 4) is 0 Å². The van der Waals surface area contributed by atoms with Crippen LogP contribution in [0.4, 0.5) is 0 Å². The van der Waals surface area contributed by atoms with Gasteiger partial charge in [0.1, 0.15) is 5.52 Å². The van der Waals surface area contributed by atoms with E-state index in [0.29, 0.717) is 18.7 Å². The molecule has 0 spiro atoms. The molecule has 0 aliphatic heterocycles. The summed E-state index contributed by atoms with van der Waals surface area (Å²) in [6.07, 6.45) is 0.794. The molecule has 2 aromatic carbocycles. The molecule has 7 heteroatoms. The Labute approximate surface area is 142 Å². The smallest absolute Gasteiger partial charge is 0.251 e. The molecule has 0 unspecified atom stereocenters. The van der Waals surface area contributed by atoms with Gasteiger partial charge in [-0.3, -0.25) is 4.79 Å². The summed E-state index contributed by atoms with van der Waals surface area (Å²) in [5, 5.41) is 11.2. The lowest BCUT2D eigenvalue weighted by Crippen LogP contribution is -2.25. The van der Waals surface area contributed by atoms with Crippen molar-refractivity contribution < 1.29 is 4.79 Å². The summed E-state index contributed by atoms with van der Waals surface area (Å²) in [5.74, 6) is -0.0613. The molecule has 0 saturated carbocycles. The summed E-state index contributed by atoms with van der Waals surface area (Å²) in [6, 6.07) is 13.4. The second-order valence-corrected chi connectivity index (χ2v) is 6.33. The molecule has 6 nitrogen and oxygen atoms in total. The molecule has 120 valence electrons. The summed E-state index contributed by atoms with van der Waals surface area (Å²) in [6.45, 7) is 1.31. The van der Waals surface area contributed by atoms with Crippen LogP contribution in [0.25, 0.3) is 21.3 Å². The lowest BCUT2D eigenvalue weighted by molar-refractivity contribution is 0.0953. The van der Waals surface area contributed by atoms with Crippen molar-refractivity contribution >= 4 is 38.5 Å². The summed E-state index contributed by atoms with van der Waals surface area (Å²) >= 11 is 1.54. The predicted molar refractivity (Wildman–Crippen MR) is 94.1 cm³/mol. The molecular formula is C17H15N5OS. The Morgan fingerprint density at radius 2 is 2.08 bits per heavy atom. The molecule has 4 aromatic rings. The van der Waals surface area contributed by atoms with E-state index in [1.54, 1.807) is 5.51 Å². The summed E-state index contributed by atoms with van der Waals surface area (Å²) in [7, 11) is 0. The van der Waals surface area contributed by atoms with Crippen LogP contribution < -0.4 is 5.32 Å². The predicted octanol–water partition coefficient (Wildman–Crippen LogP) is 2.86. The molecule has 4 rings (SSSR count). The zero-order valence-electron chi connectivity index (χ0n) is 12.8. The molecule has 0 radical (unpaired) electrons. The van der Waals surface area contributed by atoms with E-state index in [0.717, 1.165) is 27.7 Å². The van der Waals surface area contributed by atoms with E-state index in [1.165, 1.54) is 11.3 Å². The Hall–Kier alpha value is -2.80. The van der Waals surface area contributed by atoms with Crippen molar-refractivity contribution in [1.82, 2.24) is 25.3 Å². The van der Waals surface area contributed by atoms with Gasteiger partial charge >= 0.3 is 0 Å². The molecule has 0 aliphatic carbocycles. The van der Waals surface area contributed by atoms with Crippen LogP contribution in [0.3, 0.4) is 0 Å². The number of fused-ring (bicyclic) bond motifs is 2. The molecule has 0 fully saturated rings. The van der Waals surface area contributed by atoms with E-state index in [1.807, 2.05) is 47.1 Å². The normalized spacial score (nSPS) is 11.2. The van der Waals surface area contributed by atoms with Gasteiger partial charge < -0.3 is 5.32 Å². The maximum Gasteiger partial charge on any atom is 0.251 e. The van der Waals surface area contributed by atoms with Gasteiger partial charge in [0.15, 0.2) is 0 Å². The van der Waals surface area contributed by atoms with Crippen LogP contribution in [0.1, 0.15) is 16.8 Å². The fraction of sp³-hybridized carbons (Fsp3) is 0.176. The number of carbonyl (C=O) groups excluding carboxylic acids is 1. The third-order valence-electron chi connectivity index (χ3n) is 3.85. The number of thiazole rings is 1. The van der Waals surface area contributed by atoms with Crippen molar-refractivity contribution in [1.29, 1.82) is 0 Å². The number of nitrogens with zero attached hydrogens (tertiary/aromatic N) is 4. The van der Waals surface area contributed by atoms with E-state index in [2.05, 4.69) is 20.6 Å². The van der Waals surface area contributed by atoms with Crippen LogP contribution in [-0.2, 0) is 6.54 Å². The zero-order chi connectivity index (χ0) is 16.4. The molecule has 24 heavy (non-hydrogen) atoms. The second-order valence-electron chi connectivity index (χ2n) is 5.45. The first kappa shape index (κ1) is 14.8. The maximum atomic E-state index is 12.2. The van der Waals surface area contributed by atoms with Gasteiger partial charge in [-0.1, -0.05) is 17.3 Å². The van der Waals surface area contributed by atoms with Gasteiger partial charge in [0.05, 0.1) is 21.2 Å². The van der Waals surface area contributed by atoms with Crippen molar-refractivity contribution in [3.05, 3.63) is 53.5 Å². The highest BCUT2D eigenvalue weighted by Gasteiger charge is 2.07. The minimum atomic E-state index is -0.0613. The molecule has 2 heterocycles. The van der Waals surface area contributed by atoms with Crippen molar-refractivity contribution in [2.75, 3.05) is 6.54 Å². The van der Waals surface area contributed by atoms with Crippen LogP contribution >= 0.6 is 11.3 Å². The van der Waals surface area contributed by atoms with Gasteiger partial charge in [0.25, 0.3) is 5.91 Å². The minimum absolute atomic E-state index is 0.0613. The standard InChI is InChI=1S/C17H15N5OS/c23-17(12-6-7-14-16(10-12)24-11-19-14)18-8-3-9-22-15-5-2-1-4-13(15)20-21-22/h1-2,4-7,10-11H,3,8-9H2,(H,18,23). The minimum Gasteiger partial charge on any atom is -0.352 e. The van der Waals surface area contributed by atoms with Gasteiger partial charge in [-0.2, -0.15) is 0 Å². The van der Waals surface area contributed by atoms with Crippen LogP contribution in [0, 0.1) is 0 Å². The Balaban J connectivity index is 1.34. The third kappa shape index (κ3) is 2.85. The van der Waals surface area contributed by atoms with Crippen molar-refractivity contribution in [2.24, 2.45) is 0 Å². The van der Waals surface area contributed by atoms with Crippen LogP contribution in [0.2, 0.25) is 0 Å². The number of nitrogens with one attached hydrogen (secondary N) is 1. The van der Waals surface area contributed by atoms with E-state index >= 15 is 0 Å². The average molecular weight is 337 g/mol. The maximum absolute atomic E-state index is 12.2. The van der Waals surface area contributed by atoms with E-state index in [9.17, 15) is 4.79 Å². The molecule has 1 amide bonds. The molecule has 0 aliphatic rings. The van der Waals surface area contributed by atoms with Gasteiger partial charge in [0.2, 0.25) is 0 Å². The Bertz CT molecular complexity index is 1010. The quantitative estimate of drug-likeness (QED) is 0.568. The highest BCUT2D eigenvalue weighted by Crippen LogP contribution is 2.19. The van der Waals surface area contributed by atoms with Gasteiger partial charge in [0, 0.05) is 18.7 Å². The van der Waals surface area contributed by atoms with Crippen LogP contribution in [-0.4, -0.2) is 32.4 Å². The van der Waals surface area contributed by atoms with E-state index < -0.39 is 0 Å². The fourth-order valence-corrected chi connectivity index (χ4v) is 3.33. The second kappa shape index (κ2) is 6.37. The van der Waals surface area contributed by atoms with Gasteiger partial charge in [-0.15, -0.1) is 16.4 Å². The highest BCUT2D eigenvalue weighted by molar-refractivity contribution is 7.16. The average Bonchev–Trinajstić information content (AvgIpc) is 3.24. The Morgan fingerprint density at radius 1 is 1.17 bits per heavy atom. The molecule has 0 atom stereocenters. The number of hydrogen-bond donors (Lipinski definition) is 1. The molecule has 1 N–H and O–H groups in total. The fourth-order valence-electron chi connectivity index (χ4n) is 2.61. The summed E-state index contributed by atoms with van der Waals surface area (Å²) in [5.41, 5.74) is 5.28. The molecule has 0 bridgehead atoms. The monoisotopic (exact) mass is 337 g/mol. The van der Waals surface area contributed by atoms with Crippen LogP contribution in [0.15, 0.2) is 48.0 Å². The summed E-state index contributed by atoms with van der Waals surface area (Å²) < 4.78 is 2.89. The lowest BCUT2D eigenvalue weighted by atomic mass is 10.2. The molecule has 0 saturated heterocycles. The van der Waals surface area contributed by atoms with Crippen molar-refractivity contribution in [3.63, 3.8) is 0 Å².